The van der Waals surface area contributed by atoms with E-state index in [1.54, 1.807) is 0 Å². The predicted molar refractivity (Wildman–Crippen MR) is 65.1 cm³/mol. The summed E-state index contributed by atoms with van der Waals surface area (Å²) in [4.78, 5) is 24.1. The second kappa shape index (κ2) is 3.60. The fraction of sp³-hybridized carbons (Fsp3) is 0.714. The normalized spacial score (nSPS) is 43.3. The van der Waals surface area contributed by atoms with Crippen molar-refractivity contribution in [3.8, 4) is 0 Å². The van der Waals surface area contributed by atoms with Crippen molar-refractivity contribution in [2.45, 2.75) is 38.6 Å². The Kier molecular flexibility index (Phi) is 2.40. The molecule has 0 aromatic heterocycles. The van der Waals surface area contributed by atoms with Crippen LogP contribution in [-0.2, 0) is 23.8 Å². The lowest BCUT2D eigenvalue weighted by atomic mass is 9.69. The number of cyclic esters (lactones) is 1. The van der Waals surface area contributed by atoms with Crippen LogP contribution in [0, 0.1) is 17.3 Å². The molecule has 5 heteroatoms. The van der Waals surface area contributed by atoms with Gasteiger partial charge in [0.1, 0.15) is 23.5 Å². The summed E-state index contributed by atoms with van der Waals surface area (Å²) in [5, 5.41) is 0. The minimum Gasteiger partial charge on any atom is -0.469 e. The van der Waals surface area contributed by atoms with Gasteiger partial charge in [-0.1, -0.05) is 26.8 Å². The van der Waals surface area contributed by atoms with E-state index in [1.165, 1.54) is 7.11 Å². The number of fused-ring (bicyclic) bond motifs is 1. The SMILES string of the molecule is COC(=O)[C@@H]1[C@@H]2C=C[C@]3(O2)[C@@H](C(C)(C)C)OC(=O)[C@@H]13. The molecule has 0 radical (unpaired) electrons. The summed E-state index contributed by atoms with van der Waals surface area (Å²) in [6.07, 6.45) is 2.98. The second-order valence-corrected chi connectivity index (χ2v) is 6.50. The number of methoxy groups -OCH3 is 1. The Bertz CT molecular complexity index is 475. The quantitative estimate of drug-likeness (QED) is 0.525. The molecule has 2 fully saturated rings. The molecule has 19 heavy (non-hydrogen) atoms. The van der Waals surface area contributed by atoms with Crippen LogP contribution in [0.3, 0.4) is 0 Å². The molecule has 3 aliphatic heterocycles. The Morgan fingerprint density at radius 2 is 2.11 bits per heavy atom. The van der Waals surface area contributed by atoms with Crippen molar-refractivity contribution < 1.29 is 23.8 Å². The number of hydrogen-bond acceptors (Lipinski definition) is 5. The standard InChI is InChI=1S/C14H18O5/c1-13(2,3)12-14-6-5-7(19-14)8(10(15)17-4)9(14)11(16)18-12/h5-9,12H,1-4H3/t7-,8+,9+,12+,14+/m0/s1. The monoisotopic (exact) mass is 266 g/mol. The molecule has 3 rings (SSSR count). The van der Waals surface area contributed by atoms with E-state index in [2.05, 4.69) is 0 Å². The van der Waals surface area contributed by atoms with Crippen molar-refractivity contribution in [1.82, 2.24) is 0 Å². The summed E-state index contributed by atoms with van der Waals surface area (Å²) in [6.45, 7) is 5.99. The molecule has 0 N–H and O–H groups in total. The van der Waals surface area contributed by atoms with Crippen LogP contribution in [0.1, 0.15) is 20.8 Å². The molecular formula is C14H18O5. The Labute approximate surface area is 111 Å². The van der Waals surface area contributed by atoms with E-state index in [1.807, 2.05) is 32.9 Å². The molecule has 5 nitrogen and oxygen atoms in total. The molecule has 0 aliphatic carbocycles. The summed E-state index contributed by atoms with van der Waals surface area (Å²) in [6, 6.07) is 0. The lowest BCUT2D eigenvalue weighted by Crippen LogP contribution is -2.48. The molecule has 1 spiro atoms. The summed E-state index contributed by atoms with van der Waals surface area (Å²) in [7, 11) is 1.33. The van der Waals surface area contributed by atoms with Crippen LogP contribution < -0.4 is 0 Å². The highest BCUT2D eigenvalue weighted by Gasteiger charge is 2.72. The smallest absolute Gasteiger partial charge is 0.313 e. The van der Waals surface area contributed by atoms with Crippen molar-refractivity contribution >= 4 is 11.9 Å². The maximum atomic E-state index is 12.2. The first-order valence-corrected chi connectivity index (χ1v) is 6.47. The predicted octanol–water partition coefficient (Wildman–Crippen LogP) is 1.07. The van der Waals surface area contributed by atoms with Crippen LogP contribution in [0.5, 0.6) is 0 Å². The van der Waals surface area contributed by atoms with Crippen molar-refractivity contribution in [1.29, 1.82) is 0 Å². The van der Waals surface area contributed by atoms with E-state index in [9.17, 15) is 9.59 Å². The Balaban J connectivity index is 2.05. The van der Waals surface area contributed by atoms with Gasteiger partial charge in [-0.15, -0.1) is 0 Å². The van der Waals surface area contributed by atoms with Gasteiger partial charge in [-0.3, -0.25) is 9.59 Å². The van der Waals surface area contributed by atoms with E-state index >= 15 is 0 Å². The number of rotatable bonds is 1. The first-order chi connectivity index (χ1) is 8.81. The van der Waals surface area contributed by atoms with Crippen molar-refractivity contribution in [3.05, 3.63) is 12.2 Å². The summed E-state index contributed by atoms with van der Waals surface area (Å²) in [5.74, 6) is -1.94. The first kappa shape index (κ1) is 12.7. The molecule has 0 aromatic carbocycles. The molecule has 2 saturated heterocycles. The maximum absolute atomic E-state index is 12.2. The summed E-state index contributed by atoms with van der Waals surface area (Å²) >= 11 is 0. The number of ether oxygens (including phenoxy) is 3. The van der Waals surface area contributed by atoms with Crippen molar-refractivity contribution in [2.24, 2.45) is 17.3 Å². The molecule has 2 bridgehead atoms. The van der Waals surface area contributed by atoms with Crippen LogP contribution in [0.15, 0.2) is 12.2 Å². The molecule has 0 saturated carbocycles. The Hall–Kier alpha value is -1.36. The summed E-state index contributed by atoms with van der Waals surface area (Å²) in [5.41, 5.74) is -1.06. The lowest BCUT2D eigenvalue weighted by Gasteiger charge is -2.35. The van der Waals surface area contributed by atoms with Gasteiger partial charge in [0.25, 0.3) is 0 Å². The van der Waals surface area contributed by atoms with E-state index in [-0.39, 0.29) is 23.6 Å². The average molecular weight is 266 g/mol. The topological polar surface area (TPSA) is 61.8 Å². The number of hydrogen-bond donors (Lipinski definition) is 0. The minimum absolute atomic E-state index is 0.255. The first-order valence-electron chi connectivity index (χ1n) is 6.47. The average Bonchev–Trinajstić information content (AvgIpc) is 2.96. The van der Waals surface area contributed by atoms with Crippen molar-refractivity contribution in [2.75, 3.05) is 7.11 Å². The van der Waals surface area contributed by atoms with Crippen LogP contribution in [0.25, 0.3) is 0 Å². The number of carbonyl (C=O) groups excluding carboxylic acids is 2. The molecule has 104 valence electrons. The molecule has 0 aromatic rings. The third kappa shape index (κ3) is 1.45. The Morgan fingerprint density at radius 3 is 2.68 bits per heavy atom. The van der Waals surface area contributed by atoms with Gasteiger partial charge >= 0.3 is 11.9 Å². The zero-order valence-corrected chi connectivity index (χ0v) is 11.5. The lowest BCUT2D eigenvalue weighted by molar-refractivity contribution is -0.159. The highest BCUT2D eigenvalue weighted by atomic mass is 16.6. The maximum Gasteiger partial charge on any atom is 0.313 e. The van der Waals surface area contributed by atoms with Gasteiger partial charge in [-0.05, 0) is 6.08 Å². The third-order valence-corrected chi connectivity index (χ3v) is 4.24. The van der Waals surface area contributed by atoms with Gasteiger partial charge in [0, 0.05) is 5.41 Å². The fourth-order valence-corrected chi connectivity index (χ4v) is 3.58. The number of carbonyl (C=O) groups is 2. The Morgan fingerprint density at radius 1 is 1.42 bits per heavy atom. The van der Waals surface area contributed by atoms with Gasteiger partial charge < -0.3 is 14.2 Å². The van der Waals surface area contributed by atoms with Crippen LogP contribution in [0.4, 0.5) is 0 Å². The van der Waals surface area contributed by atoms with E-state index < -0.39 is 23.4 Å². The largest absolute Gasteiger partial charge is 0.469 e. The third-order valence-electron chi connectivity index (χ3n) is 4.24. The molecular weight excluding hydrogens is 248 g/mol. The molecule has 5 atom stereocenters. The van der Waals surface area contributed by atoms with Crippen LogP contribution in [0.2, 0.25) is 0 Å². The fourth-order valence-electron chi connectivity index (χ4n) is 3.58. The van der Waals surface area contributed by atoms with Crippen molar-refractivity contribution in [3.63, 3.8) is 0 Å². The zero-order valence-electron chi connectivity index (χ0n) is 11.5. The van der Waals surface area contributed by atoms with Crippen LogP contribution >= 0.6 is 0 Å². The zero-order chi connectivity index (χ0) is 14.0. The summed E-state index contributed by atoms with van der Waals surface area (Å²) < 4.78 is 16.3. The van der Waals surface area contributed by atoms with Gasteiger partial charge in [0.2, 0.25) is 0 Å². The molecule has 0 amide bonds. The molecule has 3 heterocycles. The number of esters is 2. The van der Waals surface area contributed by atoms with Gasteiger partial charge in [-0.25, -0.2) is 0 Å². The van der Waals surface area contributed by atoms with Gasteiger partial charge in [-0.2, -0.15) is 0 Å². The minimum atomic E-state index is -0.807. The van der Waals surface area contributed by atoms with Gasteiger partial charge in [0.05, 0.1) is 13.2 Å². The molecule has 3 aliphatic rings. The van der Waals surface area contributed by atoms with E-state index in [4.69, 9.17) is 14.2 Å². The van der Waals surface area contributed by atoms with Gasteiger partial charge in [0.15, 0.2) is 0 Å². The highest BCUT2D eigenvalue weighted by molar-refractivity contribution is 5.88. The highest BCUT2D eigenvalue weighted by Crippen LogP contribution is 2.57. The van der Waals surface area contributed by atoms with E-state index in [0.29, 0.717) is 0 Å². The second-order valence-electron chi connectivity index (χ2n) is 6.50. The van der Waals surface area contributed by atoms with E-state index in [0.717, 1.165) is 0 Å². The molecule has 0 unspecified atom stereocenters. The van der Waals surface area contributed by atoms with Crippen LogP contribution in [-0.4, -0.2) is 36.9 Å².